The van der Waals surface area contributed by atoms with Crippen molar-refractivity contribution in [1.82, 2.24) is 9.80 Å². The molecule has 0 aromatic heterocycles. The van der Waals surface area contributed by atoms with E-state index in [-0.39, 0.29) is 23.4 Å². The van der Waals surface area contributed by atoms with E-state index in [1.54, 1.807) is 29.2 Å². The van der Waals surface area contributed by atoms with Crippen molar-refractivity contribution < 1.29 is 27.5 Å². The number of hydrogen-bond acceptors (Lipinski definition) is 5. The van der Waals surface area contributed by atoms with Crippen LogP contribution in [0.2, 0.25) is 0 Å². The lowest BCUT2D eigenvalue weighted by atomic mass is 9.82. The van der Waals surface area contributed by atoms with Crippen LogP contribution in [0.25, 0.3) is 0 Å². The number of methoxy groups -OCH3 is 1. The molecule has 0 N–H and O–H groups in total. The van der Waals surface area contributed by atoms with Gasteiger partial charge >= 0.3 is 0 Å². The van der Waals surface area contributed by atoms with E-state index in [2.05, 4.69) is 0 Å². The molecule has 3 aromatic rings. The van der Waals surface area contributed by atoms with Crippen molar-refractivity contribution >= 4 is 11.6 Å². The van der Waals surface area contributed by atoms with Crippen molar-refractivity contribution in [3.05, 3.63) is 100 Å². The lowest BCUT2D eigenvalue weighted by Gasteiger charge is -2.44. The third-order valence-corrected chi connectivity index (χ3v) is 6.85. The van der Waals surface area contributed by atoms with Gasteiger partial charge in [0, 0.05) is 55.5 Å². The van der Waals surface area contributed by atoms with E-state index in [1.807, 2.05) is 4.90 Å². The molecule has 1 aliphatic carbocycles. The van der Waals surface area contributed by atoms with Crippen LogP contribution in [-0.4, -0.2) is 54.7 Å². The normalized spacial score (nSPS) is 18.1. The van der Waals surface area contributed by atoms with Crippen LogP contribution < -0.4 is 4.74 Å². The first-order valence-corrected chi connectivity index (χ1v) is 11.3. The number of fused-ring (bicyclic) bond motifs is 1. The third-order valence-electron chi connectivity index (χ3n) is 6.85. The minimum absolute atomic E-state index is 0.195. The van der Waals surface area contributed by atoms with Crippen molar-refractivity contribution in [3.8, 4) is 5.75 Å². The Labute approximate surface area is 200 Å². The van der Waals surface area contributed by atoms with Crippen molar-refractivity contribution in [3.63, 3.8) is 0 Å². The SMILES string of the molecule is COc1cc(F)cc(C2(N3CCN(Cc4cc(F)ccc4F)CC3)C(=O)c3ccccc3C2=O)c1. The highest BCUT2D eigenvalue weighted by atomic mass is 19.1. The molecule has 8 heteroatoms. The molecular formula is C27H23F3N2O3. The van der Waals surface area contributed by atoms with Crippen LogP contribution in [0, 0.1) is 17.5 Å². The Morgan fingerprint density at radius 1 is 0.829 bits per heavy atom. The van der Waals surface area contributed by atoms with Crippen molar-refractivity contribution in [2.24, 2.45) is 0 Å². The Balaban J connectivity index is 1.50. The van der Waals surface area contributed by atoms with E-state index in [0.29, 0.717) is 37.3 Å². The minimum atomic E-state index is -1.73. The molecule has 0 unspecified atom stereocenters. The summed E-state index contributed by atoms with van der Waals surface area (Å²) in [5.41, 5.74) is -0.682. The highest BCUT2D eigenvalue weighted by molar-refractivity contribution is 6.32. The van der Waals surface area contributed by atoms with E-state index >= 15 is 0 Å². The summed E-state index contributed by atoms with van der Waals surface area (Å²) >= 11 is 0. The number of rotatable bonds is 5. The van der Waals surface area contributed by atoms with Crippen molar-refractivity contribution in [2.75, 3.05) is 33.3 Å². The first-order valence-electron chi connectivity index (χ1n) is 11.3. The van der Waals surface area contributed by atoms with Gasteiger partial charge in [-0.2, -0.15) is 0 Å². The maximum atomic E-state index is 14.6. The van der Waals surface area contributed by atoms with E-state index in [9.17, 15) is 22.8 Å². The predicted octanol–water partition coefficient (Wildman–Crippen LogP) is 4.20. The summed E-state index contributed by atoms with van der Waals surface area (Å²) in [4.78, 5) is 31.4. The van der Waals surface area contributed by atoms with Crippen LogP contribution in [0.1, 0.15) is 31.8 Å². The van der Waals surface area contributed by atoms with Gasteiger partial charge in [-0.05, 0) is 35.9 Å². The summed E-state index contributed by atoms with van der Waals surface area (Å²) in [7, 11) is 1.39. The summed E-state index contributed by atoms with van der Waals surface area (Å²) in [5, 5.41) is 0. The Morgan fingerprint density at radius 3 is 2.11 bits per heavy atom. The molecule has 0 spiro atoms. The van der Waals surface area contributed by atoms with Gasteiger partial charge in [0.25, 0.3) is 0 Å². The highest BCUT2D eigenvalue weighted by Crippen LogP contribution is 2.44. The molecule has 5 rings (SSSR count). The van der Waals surface area contributed by atoms with Crippen LogP contribution in [0.15, 0.2) is 60.7 Å². The molecule has 0 atom stereocenters. The average Bonchev–Trinajstić information content (AvgIpc) is 3.09. The van der Waals surface area contributed by atoms with Crippen LogP contribution in [0.3, 0.4) is 0 Å². The molecule has 0 radical (unpaired) electrons. The molecule has 1 saturated heterocycles. The Morgan fingerprint density at radius 2 is 1.49 bits per heavy atom. The van der Waals surface area contributed by atoms with Crippen molar-refractivity contribution in [1.29, 1.82) is 0 Å². The molecule has 180 valence electrons. The quantitative estimate of drug-likeness (QED) is 0.513. The fourth-order valence-electron chi connectivity index (χ4n) is 5.14. The van der Waals surface area contributed by atoms with E-state index < -0.39 is 34.6 Å². The Kier molecular flexibility index (Phi) is 5.94. The van der Waals surface area contributed by atoms with E-state index in [1.165, 1.54) is 31.4 Å². The van der Waals surface area contributed by atoms with Gasteiger partial charge in [0.15, 0.2) is 17.1 Å². The summed E-state index contributed by atoms with van der Waals surface area (Å²) < 4.78 is 47.6. The van der Waals surface area contributed by atoms with Gasteiger partial charge < -0.3 is 4.74 Å². The number of hydrogen-bond donors (Lipinski definition) is 0. The molecule has 2 aliphatic rings. The van der Waals surface area contributed by atoms with E-state index in [4.69, 9.17) is 4.74 Å². The highest BCUT2D eigenvalue weighted by Gasteiger charge is 2.58. The summed E-state index contributed by atoms with van der Waals surface area (Å²) in [6.07, 6.45) is 0. The average molecular weight is 480 g/mol. The van der Waals surface area contributed by atoms with Crippen LogP contribution in [0.4, 0.5) is 13.2 Å². The van der Waals surface area contributed by atoms with Gasteiger partial charge in [0.1, 0.15) is 23.2 Å². The minimum Gasteiger partial charge on any atom is -0.497 e. The number of nitrogens with zero attached hydrogens (tertiary/aromatic N) is 2. The second kappa shape index (κ2) is 8.94. The molecule has 35 heavy (non-hydrogen) atoms. The standard InChI is InChI=1S/C27H23F3N2O3/c1-35-21-14-18(13-20(29)15-21)27(25(33)22-4-2-3-5-23(22)26(27)34)32-10-8-31(9-11-32)16-17-12-19(28)6-7-24(17)30/h2-7,12-15H,8-11,16H2,1H3. The maximum Gasteiger partial charge on any atom is 0.196 e. The number of carbonyl (C=O) groups is 2. The van der Waals surface area contributed by atoms with Gasteiger partial charge in [-0.3, -0.25) is 19.4 Å². The first kappa shape index (κ1) is 23.3. The monoisotopic (exact) mass is 480 g/mol. The Hall–Kier alpha value is -3.49. The second-order valence-electron chi connectivity index (χ2n) is 8.79. The van der Waals surface area contributed by atoms with Gasteiger partial charge in [-0.1, -0.05) is 24.3 Å². The molecular weight excluding hydrogens is 457 g/mol. The van der Waals surface area contributed by atoms with E-state index in [0.717, 1.165) is 12.1 Å². The number of benzene rings is 3. The molecule has 0 amide bonds. The number of ketones is 2. The Bertz CT molecular complexity index is 1280. The molecule has 1 heterocycles. The zero-order valence-electron chi connectivity index (χ0n) is 19.1. The second-order valence-corrected chi connectivity index (χ2v) is 8.79. The number of carbonyl (C=O) groups excluding carboxylic acids is 2. The summed E-state index contributed by atoms with van der Waals surface area (Å²) in [6.45, 7) is 1.59. The molecule has 5 nitrogen and oxygen atoms in total. The largest absolute Gasteiger partial charge is 0.497 e. The molecule has 1 fully saturated rings. The van der Waals surface area contributed by atoms with Gasteiger partial charge in [-0.15, -0.1) is 0 Å². The van der Waals surface area contributed by atoms with Gasteiger partial charge in [0.05, 0.1) is 7.11 Å². The van der Waals surface area contributed by atoms with Crippen molar-refractivity contribution in [2.45, 2.75) is 12.1 Å². The number of piperazine rings is 1. The van der Waals surface area contributed by atoms with Gasteiger partial charge in [0.2, 0.25) is 0 Å². The zero-order chi connectivity index (χ0) is 24.7. The van der Waals surface area contributed by atoms with Gasteiger partial charge in [-0.25, -0.2) is 13.2 Å². The lowest BCUT2D eigenvalue weighted by molar-refractivity contribution is 0.0276. The van der Waals surface area contributed by atoms with Crippen LogP contribution >= 0.6 is 0 Å². The number of Topliss-reactive ketones (excluding diaryl/α,β-unsaturated/α-hetero) is 2. The molecule has 0 bridgehead atoms. The fourth-order valence-corrected chi connectivity index (χ4v) is 5.14. The molecule has 0 saturated carbocycles. The topological polar surface area (TPSA) is 49.9 Å². The lowest BCUT2D eigenvalue weighted by Crippen LogP contribution is -2.60. The first-order chi connectivity index (χ1) is 16.8. The predicted molar refractivity (Wildman–Crippen MR) is 123 cm³/mol. The smallest absolute Gasteiger partial charge is 0.196 e. The molecule has 3 aromatic carbocycles. The van der Waals surface area contributed by atoms with Crippen LogP contribution in [0.5, 0.6) is 5.75 Å². The number of ether oxygens (including phenoxy) is 1. The summed E-state index contributed by atoms with van der Waals surface area (Å²) in [5.74, 6) is -2.23. The zero-order valence-corrected chi connectivity index (χ0v) is 19.1. The summed E-state index contributed by atoms with van der Waals surface area (Å²) in [6, 6.07) is 13.9. The third kappa shape index (κ3) is 3.83. The fraction of sp³-hybridized carbons (Fsp3) is 0.259. The molecule has 1 aliphatic heterocycles. The number of halogens is 3. The maximum absolute atomic E-state index is 14.6. The van der Waals surface area contributed by atoms with Crippen LogP contribution in [-0.2, 0) is 12.1 Å².